The van der Waals surface area contributed by atoms with E-state index in [1.807, 2.05) is 0 Å². The molecular formula is C18H14F3N3O3S2. The van der Waals surface area contributed by atoms with Gasteiger partial charge in [0, 0.05) is 22.2 Å². The van der Waals surface area contributed by atoms with E-state index in [1.54, 1.807) is 29.6 Å². The maximum absolute atomic E-state index is 12.6. The minimum absolute atomic E-state index is 0.0750. The molecule has 0 bridgehead atoms. The fraction of sp³-hybridized carbons (Fsp3) is 0.111. The molecule has 0 aliphatic rings. The minimum Gasteiger partial charge on any atom is -0.298 e. The highest BCUT2D eigenvalue weighted by atomic mass is 32.2. The second-order valence-electron chi connectivity index (χ2n) is 6.02. The third-order valence-electron chi connectivity index (χ3n) is 3.68. The Morgan fingerprint density at radius 3 is 2.21 bits per heavy atom. The summed E-state index contributed by atoms with van der Waals surface area (Å²) in [5.74, 6) is -0.577. The molecule has 0 aliphatic carbocycles. The molecule has 3 rings (SSSR count). The topological polar surface area (TPSA) is 88.2 Å². The molecule has 0 saturated carbocycles. The lowest BCUT2D eigenvalue weighted by Gasteiger charge is -2.07. The lowest BCUT2D eigenvalue weighted by atomic mass is 10.1. The number of rotatable bonds is 5. The summed E-state index contributed by atoms with van der Waals surface area (Å²) in [5, 5.41) is 4.52. The smallest absolute Gasteiger partial charge is 0.298 e. The standard InChI is InChI=1S/C18H14F3N3O3S2/c1-29(26,27)24-14-8-4-11(5-9-14)15-10-28-17(22-15)23-16(25)12-2-6-13(7-3-12)18(19,20)21/h2-10,24H,1H3,(H,22,23,25). The molecule has 6 nitrogen and oxygen atoms in total. The molecule has 0 radical (unpaired) electrons. The van der Waals surface area contributed by atoms with Gasteiger partial charge in [-0.25, -0.2) is 13.4 Å². The average Bonchev–Trinajstić information content (AvgIpc) is 3.09. The van der Waals surface area contributed by atoms with E-state index >= 15 is 0 Å². The van der Waals surface area contributed by atoms with Crippen molar-refractivity contribution in [3.8, 4) is 11.3 Å². The zero-order valence-electron chi connectivity index (χ0n) is 14.8. The lowest BCUT2D eigenvalue weighted by molar-refractivity contribution is -0.137. The first kappa shape index (κ1) is 20.8. The molecule has 2 aromatic carbocycles. The third kappa shape index (κ3) is 5.55. The van der Waals surface area contributed by atoms with E-state index in [0.717, 1.165) is 41.9 Å². The van der Waals surface area contributed by atoms with E-state index in [4.69, 9.17) is 0 Å². The van der Waals surface area contributed by atoms with E-state index in [9.17, 15) is 26.4 Å². The normalized spacial score (nSPS) is 11.9. The number of benzene rings is 2. The van der Waals surface area contributed by atoms with Crippen LogP contribution in [0, 0.1) is 0 Å². The van der Waals surface area contributed by atoms with Crippen LogP contribution in [0.2, 0.25) is 0 Å². The Kier molecular flexibility index (Phi) is 5.62. The molecule has 0 unspecified atom stereocenters. The van der Waals surface area contributed by atoms with Gasteiger partial charge in [0.2, 0.25) is 10.0 Å². The summed E-state index contributed by atoms with van der Waals surface area (Å²) in [4.78, 5) is 16.5. The van der Waals surface area contributed by atoms with Crippen molar-refractivity contribution in [1.82, 2.24) is 4.98 Å². The number of halogens is 3. The van der Waals surface area contributed by atoms with Gasteiger partial charge in [0.05, 0.1) is 17.5 Å². The molecule has 3 aromatic rings. The van der Waals surface area contributed by atoms with E-state index < -0.39 is 27.7 Å². The lowest BCUT2D eigenvalue weighted by Crippen LogP contribution is -2.12. The Morgan fingerprint density at radius 2 is 1.66 bits per heavy atom. The fourth-order valence-electron chi connectivity index (χ4n) is 2.37. The summed E-state index contributed by atoms with van der Waals surface area (Å²) < 4.78 is 62.6. The molecule has 29 heavy (non-hydrogen) atoms. The van der Waals surface area contributed by atoms with Crippen LogP contribution in [0.25, 0.3) is 11.3 Å². The van der Waals surface area contributed by atoms with Gasteiger partial charge >= 0.3 is 6.18 Å². The maximum atomic E-state index is 12.6. The van der Waals surface area contributed by atoms with Crippen molar-refractivity contribution in [3.63, 3.8) is 0 Å². The first-order valence-corrected chi connectivity index (χ1v) is 10.8. The Labute approximate surface area is 168 Å². The highest BCUT2D eigenvalue weighted by Crippen LogP contribution is 2.30. The molecule has 0 saturated heterocycles. The van der Waals surface area contributed by atoms with Gasteiger partial charge in [0.15, 0.2) is 5.13 Å². The van der Waals surface area contributed by atoms with E-state index in [1.165, 1.54) is 0 Å². The van der Waals surface area contributed by atoms with Gasteiger partial charge in [-0.15, -0.1) is 11.3 Å². The molecular weight excluding hydrogens is 427 g/mol. The number of thiazole rings is 1. The second kappa shape index (κ2) is 7.84. The van der Waals surface area contributed by atoms with Crippen LogP contribution in [0.4, 0.5) is 24.0 Å². The predicted octanol–water partition coefficient (Wildman–Crippen LogP) is 4.45. The highest BCUT2D eigenvalue weighted by molar-refractivity contribution is 7.92. The zero-order valence-corrected chi connectivity index (χ0v) is 16.5. The number of anilines is 2. The number of sulfonamides is 1. The fourth-order valence-corrected chi connectivity index (χ4v) is 3.65. The predicted molar refractivity (Wildman–Crippen MR) is 105 cm³/mol. The molecule has 1 amide bonds. The van der Waals surface area contributed by atoms with Gasteiger partial charge in [-0.2, -0.15) is 13.2 Å². The van der Waals surface area contributed by atoms with Crippen LogP contribution in [0.3, 0.4) is 0 Å². The van der Waals surface area contributed by atoms with Gasteiger partial charge in [0.25, 0.3) is 5.91 Å². The monoisotopic (exact) mass is 441 g/mol. The number of carbonyl (C=O) groups is 1. The van der Waals surface area contributed by atoms with Gasteiger partial charge in [-0.3, -0.25) is 14.8 Å². The van der Waals surface area contributed by atoms with Crippen LogP contribution >= 0.6 is 11.3 Å². The van der Waals surface area contributed by atoms with Crippen LogP contribution in [-0.4, -0.2) is 25.6 Å². The summed E-state index contributed by atoms with van der Waals surface area (Å²) in [5.41, 5.74) is 0.909. The molecule has 1 heterocycles. The largest absolute Gasteiger partial charge is 0.416 e. The number of hydrogen-bond acceptors (Lipinski definition) is 5. The van der Waals surface area contributed by atoms with Crippen LogP contribution in [0.15, 0.2) is 53.9 Å². The molecule has 0 aliphatic heterocycles. The molecule has 2 N–H and O–H groups in total. The number of nitrogens with one attached hydrogen (secondary N) is 2. The Morgan fingerprint density at radius 1 is 1.03 bits per heavy atom. The molecule has 0 spiro atoms. The van der Waals surface area contributed by atoms with Gasteiger partial charge in [0.1, 0.15) is 0 Å². The van der Waals surface area contributed by atoms with Crippen LogP contribution in [-0.2, 0) is 16.2 Å². The van der Waals surface area contributed by atoms with Crippen molar-refractivity contribution in [2.45, 2.75) is 6.18 Å². The van der Waals surface area contributed by atoms with Crippen LogP contribution in [0.5, 0.6) is 0 Å². The number of amides is 1. The molecule has 11 heteroatoms. The Hall–Kier alpha value is -2.92. The number of alkyl halides is 3. The van der Waals surface area contributed by atoms with Gasteiger partial charge in [-0.1, -0.05) is 12.1 Å². The number of carbonyl (C=O) groups excluding carboxylic acids is 1. The summed E-state index contributed by atoms with van der Waals surface area (Å²) >= 11 is 1.15. The summed E-state index contributed by atoms with van der Waals surface area (Å²) in [6.07, 6.45) is -3.42. The third-order valence-corrected chi connectivity index (χ3v) is 5.05. The first-order valence-electron chi connectivity index (χ1n) is 8.04. The average molecular weight is 441 g/mol. The van der Waals surface area contributed by atoms with E-state index in [2.05, 4.69) is 15.0 Å². The zero-order chi connectivity index (χ0) is 21.2. The molecule has 0 fully saturated rings. The van der Waals surface area contributed by atoms with Crippen molar-refractivity contribution in [3.05, 3.63) is 65.0 Å². The van der Waals surface area contributed by atoms with Crippen molar-refractivity contribution < 1.29 is 26.4 Å². The minimum atomic E-state index is -4.47. The highest BCUT2D eigenvalue weighted by Gasteiger charge is 2.30. The summed E-state index contributed by atoms with van der Waals surface area (Å²) in [6.45, 7) is 0. The number of nitrogens with zero attached hydrogens (tertiary/aromatic N) is 1. The van der Waals surface area contributed by atoms with Crippen molar-refractivity contribution in [1.29, 1.82) is 0 Å². The summed E-state index contributed by atoms with van der Waals surface area (Å²) in [7, 11) is -3.37. The molecule has 0 atom stereocenters. The quantitative estimate of drug-likeness (QED) is 0.612. The maximum Gasteiger partial charge on any atom is 0.416 e. The number of hydrogen-bond donors (Lipinski definition) is 2. The van der Waals surface area contributed by atoms with Crippen molar-refractivity contribution in [2.75, 3.05) is 16.3 Å². The number of aromatic nitrogens is 1. The Bertz CT molecular complexity index is 1120. The molecule has 1 aromatic heterocycles. The van der Waals surface area contributed by atoms with Crippen LogP contribution < -0.4 is 10.0 Å². The molecule has 152 valence electrons. The van der Waals surface area contributed by atoms with Crippen LogP contribution in [0.1, 0.15) is 15.9 Å². The van der Waals surface area contributed by atoms with Gasteiger partial charge < -0.3 is 0 Å². The van der Waals surface area contributed by atoms with Crippen molar-refractivity contribution >= 4 is 38.1 Å². The summed E-state index contributed by atoms with van der Waals surface area (Å²) in [6, 6.07) is 10.4. The van der Waals surface area contributed by atoms with Crippen molar-refractivity contribution in [2.24, 2.45) is 0 Å². The van der Waals surface area contributed by atoms with E-state index in [-0.39, 0.29) is 10.7 Å². The van der Waals surface area contributed by atoms with Gasteiger partial charge in [-0.05, 0) is 36.4 Å². The Balaban J connectivity index is 1.69. The first-order chi connectivity index (χ1) is 13.5. The second-order valence-corrected chi connectivity index (χ2v) is 8.63. The van der Waals surface area contributed by atoms with E-state index in [0.29, 0.717) is 16.9 Å². The SMILES string of the molecule is CS(=O)(=O)Nc1ccc(-c2csc(NC(=O)c3ccc(C(F)(F)F)cc3)n2)cc1.